The highest BCUT2D eigenvalue weighted by molar-refractivity contribution is 6.13. The Balaban J connectivity index is 2.37. The van der Waals surface area contributed by atoms with E-state index in [1.54, 1.807) is 18.2 Å². The van der Waals surface area contributed by atoms with Gasteiger partial charge in [-0.2, -0.15) is 0 Å². The van der Waals surface area contributed by atoms with Crippen LogP contribution < -0.4 is 0 Å². The summed E-state index contributed by atoms with van der Waals surface area (Å²) in [6, 6.07) is 6.43. The molecule has 3 aromatic rings. The topological polar surface area (TPSA) is 82.5 Å². The van der Waals surface area contributed by atoms with Crippen LogP contribution in [-0.4, -0.2) is 28.3 Å². The first-order valence-corrected chi connectivity index (χ1v) is 7.63. The lowest BCUT2D eigenvalue weighted by molar-refractivity contribution is 0.0600. The Kier molecular flexibility index (Phi) is 3.93. The van der Waals surface area contributed by atoms with Gasteiger partial charge in [0.1, 0.15) is 11.5 Å². The monoisotopic (exact) mass is 325 g/mol. The molecule has 0 aliphatic carbocycles. The van der Waals surface area contributed by atoms with Crippen molar-refractivity contribution < 1.29 is 19.7 Å². The molecule has 124 valence electrons. The van der Waals surface area contributed by atoms with E-state index < -0.39 is 5.97 Å². The van der Waals surface area contributed by atoms with Gasteiger partial charge in [-0.05, 0) is 44.5 Å². The fourth-order valence-corrected chi connectivity index (χ4v) is 2.89. The number of phenols is 2. The molecule has 0 aliphatic rings. The van der Waals surface area contributed by atoms with Crippen LogP contribution in [0.25, 0.3) is 21.8 Å². The fourth-order valence-electron chi connectivity index (χ4n) is 2.89. The molecule has 0 aliphatic heterocycles. The molecular weight excluding hydrogens is 306 g/mol. The molecule has 0 atom stereocenters. The van der Waals surface area contributed by atoms with Crippen molar-refractivity contribution in [2.45, 2.75) is 20.3 Å². The lowest BCUT2D eigenvalue weighted by Gasteiger charge is -2.06. The summed E-state index contributed by atoms with van der Waals surface area (Å²) < 4.78 is 4.74. The van der Waals surface area contributed by atoms with Gasteiger partial charge in [-0.25, -0.2) is 4.79 Å². The third-order valence-corrected chi connectivity index (χ3v) is 4.07. The van der Waals surface area contributed by atoms with Gasteiger partial charge in [0.25, 0.3) is 0 Å². The Morgan fingerprint density at radius 3 is 2.62 bits per heavy atom. The van der Waals surface area contributed by atoms with Gasteiger partial charge in [-0.1, -0.05) is 11.6 Å². The number of hydrogen-bond acceptors (Lipinski definition) is 4. The van der Waals surface area contributed by atoms with Crippen LogP contribution >= 0.6 is 0 Å². The SMILES string of the molecule is COC(=O)c1cc(O)c2[nH]c3ccc(O)c(CC=C(C)C)c3c2c1. The number of benzene rings is 2. The average molecular weight is 325 g/mol. The number of carbonyl (C=O) groups excluding carboxylic acids is 1. The Morgan fingerprint density at radius 1 is 1.21 bits per heavy atom. The van der Waals surface area contributed by atoms with Crippen LogP contribution in [-0.2, 0) is 11.2 Å². The number of aromatic nitrogens is 1. The lowest BCUT2D eigenvalue weighted by atomic mass is 10.0. The first-order valence-electron chi connectivity index (χ1n) is 7.63. The molecule has 0 amide bonds. The smallest absolute Gasteiger partial charge is 0.338 e. The summed E-state index contributed by atoms with van der Waals surface area (Å²) in [6.45, 7) is 3.99. The Labute approximate surface area is 139 Å². The Hall–Kier alpha value is -2.95. The van der Waals surface area contributed by atoms with Crippen molar-refractivity contribution in [1.82, 2.24) is 4.98 Å². The number of phenolic OH excluding ortho intramolecular Hbond substituents is 2. The largest absolute Gasteiger partial charge is 0.508 e. The third-order valence-electron chi connectivity index (χ3n) is 4.07. The number of aromatic amines is 1. The molecule has 1 heterocycles. The van der Waals surface area contributed by atoms with Gasteiger partial charge in [0.05, 0.1) is 18.2 Å². The number of H-pyrrole nitrogens is 1. The fraction of sp³-hybridized carbons (Fsp3) is 0.211. The number of aromatic hydroxyl groups is 2. The second-order valence-corrected chi connectivity index (χ2v) is 6.01. The zero-order chi connectivity index (χ0) is 17.4. The number of rotatable bonds is 3. The molecule has 0 fully saturated rings. The van der Waals surface area contributed by atoms with Crippen molar-refractivity contribution >= 4 is 27.8 Å². The number of esters is 1. The lowest BCUT2D eigenvalue weighted by Crippen LogP contribution is -2.00. The first-order chi connectivity index (χ1) is 11.4. The van der Waals surface area contributed by atoms with Gasteiger partial charge >= 0.3 is 5.97 Å². The predicted molar refractivity (Wildman–Crippen MR) is 93.6 cm³/mol. The molecular formula is C19H19NO4. The minimum atomic E-state index is -0.521. The predicted octanol–water partition coefficient (Wildman–Crippen LogP) is 4.03. The van der Waals surface area contributed by atoms with Crippen LogP contribution in [0.15, 0.2) is 35.9 Å². The van der Waals surface area contributed by atoms with Crippen molar-refractivity contribution in [1.29, 1.82) is 0 Å². The molecule has 0 spiro atoms. The number of ether oxygens (including phenoxy) is 1. The van der Waals surface area contributed by atoms with E-state index in [4.69, 9.17) is 4.74 Å². The maximum Gasteiger partial charge on any atom is 0.338 e. The second kappa shape index (κ2) is 5.92. The van der Waals surface area contributed by atoms with E-state index in [2.05, 4.69) is 4.98 Å². The summed E-state index contributed by atoms with van der Waals surface area (Å²) in [4.78, 5) is 15.0. The quantitative estimate of drug-likeness (QED) is 0.501. The Morgan fingerprint density at radius 2 is 1.96 bits per heavy atom. The summed E-state index contributed by atoms with van der Waals surface area (Å²) in [5.74, 6) is -0.367. The van der Waals surface area contributed by atoms with Crippen molar-refractivity contribution in [3.05, 3.63) is 47.0 Å². The second-order valence-electron chi connectivity index (χ2n) is 6.01. The van der Waals surface area contributed by atoms with Crippen molar-refractivity contribution in [2.24, 2.45) is 0 Å². The minimum absolute atomic E-state index is 0.0308. The summed E-state index contributed by atoms with van der Waals surface area (Å²) in [5.41, 5.74) is 3.48. The highest BCUT2D eigenvalue weighted by Gasteiger charge is 2.17. The molecule has 5 nitrogen and oxygen atoms in total. The number of hydrogen-bond donors (Lipinski definition) is 3. The summed E-state index contributed by atoms with van der Waals surface area (Å²) in [5, 5.41) is 22.0. The number of allylic oxidation sites excluding steroid dienone is 2. The van der Waals surface area contributed by atoms with Crippen LogP contribution in [0.1, 0.15) is 29.8 Å². The van der Waals surface area contributed by atoms with Crippen molar-refractivity contribution in [3.8, 4) is 11.5 Å². The van der Waals surface area contributed by atoms with Gasteiger partial charge in [0, 0.05) is 21.9 Å². The van der Waals surface area contributed by atoms with E-state index in [1.165, 1.54) is 13.2 Å². The Bertz CT molecular complexity index is 978. The van der Waals surface area contributed by atoms with E-state index in [9.17, 15) is 15.0 Å². The van der Waals surface area contributed by atoms with Gasteiger partial charge in [0.2, 0.25) is 0 Å². The van der Waals surface area contributed by atoms with Gasteiger partial charge in [0.15, 0.2) is 0 Å². The van der Waals surface area contributed by atoms with E-state index in [0.29, 0.717) is 17.3 Å². The van der Waals surface area contributed by atoms with E-state index in [0.717, 1.165) is 22.0 Å². The molecule has 24 heavy (non-hydrogen) atoms. The van der Waals surface area contributed by atoms with Crippen LogP contribution in [0.2, 0.25) is 0 Å². The number of methoxy groups -OCH3 is 1. The van der Waals surface area contributed by atoms with Gasteiger partial charge in [-0.15, -0.1) is 0 Å². The molecule has 3 rings (SSSR count). The molecule has 0 saturated carbocycles. The van der Waals surface area contributed by atoms with Crippen LogP contribution in [0.4, 0.5) is 0 Å². The van der Waals surface area contributed by atoms with Crippen LogP contribution in [0, 0.1) is 0 Å². The molecule has 0 saturated heterocycles. The van der Waals surface area contributed by atoms with Crippen molar-refractivity contribution in [2.75, 3.05) is 7.11 Å². The van der Waals surface area contributed by atoms with E-state index in [1.807, 2.05) is 19.9 Å². The molecule has 3 N–H and O–H groups in total. The maximum atomic E-state index is 11.8. The molecule has 5 heteroatoms. The summed E-state index contributed by atoms with van der Waals surface area (Å²) >= 11 is 0. The van der Waals surface area contributed by atoms with E-state index >= 15 is 0 Å². The number of carbonyl (C=O) groups is 1. The highest BCUT2D eigenvalue weighted by atomic mass is 16.5. The molecule has 0 unspecified atom stereocenters. The number of nitrogens with one attached hydrogen (secondary N) is 1. The zero-order valence-corrected chi connectivity index (χ0v) is 13.8. The minimum Gasteiger partial charge on any atom is -0.508 e. The van der Waals surface area contributed by atoms with Crippen LogP contribution in [0.5, 0.6) is 11.5 Å². The van der Waals surface area contributed by atoms with Crippen molar-refractivity contribution in [3.63, 3.8) is 0 Å². The molecule has 2 aromatic carbocycles. The molecule has 0 bridgehead atoms. The van der Waals surface area contributed by atoms with Gasteiger partial charge in [-0.3, -0.25) is 0 Å². The first kappa shape index (κ1) is 15.9. The number of fused-ring (bicyclic) bond motifs is 3. The summed E-state index contributed by atoms with van der Waals surface area (Å²) in [7, 11) is 1.30. The molecule has 1 aromatic heterocycles. The standard InChI is InChI=1S/C19H19NO4/c1-10(2)4-5-12-15(21)7-6-14-17(12)13-8-11(19(23)24-3)9-16(22)18(13)20-14/h4,6-9,20-22H,5H2,1-3H3. The molecule has 0 radical (unpaired) electrons. The third kappa shape index (κ3) is 2.58. The maximum absolute atomic E-state index is 11.8. The highest BCUT2D eigenvalue weighted by Crippen LogP contribution is 2.37. The average Bonchev–Trinajstić information content (AvgIpc) is 2.92. The summed E-state index contributed by atoms with van der Waals surface area (Å²) in [6.07, 6.45) is 2.58. The van der Waals surface area contributed by atoms with E-state index in [-0.39, 0.29) is 17.1 Å². The normalized spacial score (nSPS) is 11.0. The zero-order valence-electron chi connectivity index (χ0n) is 13.8. The van der Waals surface area contributed by atoms with Crippen LogP contribution in [0.3, 0.4) is 0 Å². The van der Waals surface area contributed by atoms with Gasteiger partial charge < -0.3 is 19.9 Å².